The molecular weight excluding hydrogens is 384 g/mol. The summed E-state index contributed by atoms with van der Waals surface area (Å²) in [6.45, 7) is 2.11. The van der Waals surface area contributed by atoms with Crippen molar-refractivity contribution >= 4 is 17.3 Å². The van der Waals surface area contributed by atoms with Gasteiger partial charge in [-0.1, -0.05) is 23.9 Å². The molecule has 7 nitrogen and oxygen atoms in total. The molecule has 3 aromatic heterocycles. The Morgan fingerprint density at radius 2 is 1.83 bits per heavy atom. The van der Waals surface area contributed by atoms with Gasteiger partial charge >= 0.3 is 0 Å². The summed E-state index contributed by atoms with van der Waals surface area (Å²) in [5, 5.41) is 37.1. The molecular formula is C21H16N6OS. The van der Waals surface area contributed by atoms with Gasteiger partial charge in [0.25, 0.3) is 0 Å². The van der Waals surface area contributed by atoms with Gasteiger partial charge in [0.1, 0.15) is 12.1 Å². The number of hydrogen-bond donors (Lipinski definition) is 1. The lowest BCUT2D eigenvalue weighted by Crippen LogP contribution is -2.11. The summed E-state index contributed by atoms with van der Waals surface area (Å²) >= 11 is 1.43. The summed E-state index contributed by atoms with van der Waals surface area (Å²) in [5.74, 6) is 0. The van der Waals surface area contributed by atoms with Crippen LogP contribution in [0.3, 0.4) is 0 Å². The van der Waals surface area contributed by atoms with Gasteiger partial charge in [0, 0.05) is 33.3 Å². The lowest BCUT2D eigenvalue weighted by atomic mass is 10.1. The van der Waals surface area contributed by atoms with Gasteiger partial charge in [-0.15, -0.1) is 0 Å². The van der Waals surface area contributed by atoms with Crippen molar-refractivity contribution in [3.8, 4) is 23.3 Å². The molecule has 0 aliphatic heterocycles. The molecule has 142 valence electrons. The quantitative estimate of drug-likeness (QED) is 0.550. The third-order valence-corrected chi connectivity index (χ3v) is 5.45. The van der Waals surface area contributed by atoms with Crippen LogP contribution in [0.5, 0.6) is 0 Å². The lowest BCUT2D eigenvalue weighted by Gasteiger charge is -2.09. The summed E-state index contributed by atoms with van der Waals surface area (Å²) in [5.41, 5.74) is 3.49. The van der Waals surface area contributed by atoms with E-state index >= 15 is 0 Å². The van der Waals surface area contributed by atoms with Crippen molar-refractivity contribution in [1.29, 1.82) is 10.5 Å². The van der Waals surface area contributed by atoms with Gasteiger partial charge in [0.2, 0.25) is 0 Å². The van der Waals surface area contributed by atoms with Crippen molar-refractivity contribution in [2.24, 2.45) is 0 Å². The van der Waals surface area contributed by atoms with Crippen LogP contribution in [-0.4, -0.2) is 30.6 Å². The van der Waals surface area contributed by atoms with Crippen LogP contribution in [0.2, 0.25) is 0 Å². The van der Waals surface area contributed by atoms with E-state index in [1.54, 1.807) is 28.4 Å². The highest BCUT2D eigenvalue weighted by Gasteiger charge is 2.15. The van der Waals surface area contributed by atoms with Crippen LogP contribution < -0.4 is 0 Å². The molecule has 0 bridgehead atoms. The summed E-state index contributed by atoms with van der Waals surface area (Å²) in [6.07, 6.45) is 6.48. The van der Waals surface area contributed by atoms with Gasteiger partial charge in [0.15, 0.2) is 0 Å². The first-order valence-corrected chi connectivity index (χ1v) is 9.70. The second-order valence-corrected chi connectivity index (χ2v) is 7.65. The molecule has 0 spiro atoms. The number of pyridine rings is 1. The minimum atomic E-state index is -0.497. The fraction of sp³-hybridized carbons (Fsp3) is 0.143. The smallest absolute Gasteiger partial charge is 0.103 e. The number of fused-ring (bicyclic) bond motifs is 1. The van der Waals surface area contributed by atoms with E-state index < -0.39 is 6.10 Å². The van der Waals surface area contributed by atoms with Crippen LogP contribution in [0.25, 0.3) is 16.6 Å². The van der Waals surface area contributed by atoms with Gasteiger partial charge in [0.05, 0.1) is 41.7 Å². The van der Waals surface area contributed by atoms with Gasteiger partial charge in [-0.3, -0.25) is 4.68 Å². The van der Waals surface area contributed by atoms with Crippen molar-refractivity contribution in [3.05, 3.63) is 66.2 Å². The van der Waals surface area contributed by atoms with Crippen LogP contribution >= 0.6 is 11.8 Å². The molecule has 29 heavy (non-hydrogen) atoms. The van der Waals surface area contributed by atoms with Gasteiger partial charge in [-0.2, -0.15) is 20.7 Å². The van der Waals surface area contributed by atoms with E-state index in [1.165, 1.54) is 18.0 Å². The molecule has 1 atom stereocenters. The van der Waals surface area contributed by atoms with Gasteiger partial charge in [-0.25, -0.2) is 4.52 Å². The zero-order valence-electron chi connectivity index (χ0n) is 15.5. The molecule has 1 aromatic carbocycles. The van der Waals surface area contributed by atoms with Crippen molar-refractivity contribution < 1.29 is 5.11 Å². The van der Waals surface area contributed by atoms with Crippen molar-refractivity contribution in [2.75, 3.05) is 0 Å². The van der Waals surface area contributed by atoms with Crippen molar-refractivity contribution in [2.45, 2.75) is 29.4 Å². The minimum Gasteiger partial charge on any atom is -0.391 e. The molecule has 0 saturated carbocycles. The molecule has 0 unspecified atom stereocenters. The Morgan fingerprint density at radius 3 is 2.59 bits per heavy atom. The molecule has 0 aliphatic rings. The normalized spacial score (nSPS) is 11.9. The van der Waals surface area contributed by atoms with Gasteiger partial charge in [-0.05, 0) is 25.1 Å². The lowest BCUT2D eigenvalue weighted by molar-refractivity contribution is 0.168. The maximum absolute atomic E-state index is 9.58. The second-order valence-electron chi connectivity index (χ2n) is 6.57. The molecule has 3 heterocycles. The zero-order valence-corrected chi connectivity index (χ0v) is 16.3. The Bertz CT molecular complexity index is 1270. The molecule has 0 amide bonds. The van der Waals surface area contributed by atoms with Crippen molar-refractivity contribution in [1.82, 2.24) is 19.4 Å². The number of aromatic nitrogens is 4. The van der Waals surface area contributed by atoms with E-state index in [0.29, 0.717) is 23.2 Å². The summed E-state index contributed by atoms with van der Waals surface area (Å²) in [6, 6.07) is 13.7. The Morgan fingerprint density at radius 1 is 1.03 bits per heavy atom. The molecule has 8 heteroatoms. The largest absolute Gasteiger partial charge is 0.391 e. The summed E-state index contributed by atoms with van der Waals surface area (Å²) < 4.78 is 3.36. The predicted octanol–water partition coefficient (Wildman–Crippen LogP) is 3.47. The molecule has 4 aromatic rings. The number of nitriles is 2. The van der Waals surface area contributed by atoms with E-state index in [4.69, 9.17) is 0 Å². The number of aliphatic hydroxyl groups excluding tert-OH is 1. The Kier molecular flexibility index (Phi) is 5.05. The Labute approximate surface area is 171 Å². The van der Waals surface area contributed by atoms with Gasteiger partial charge < -0.3 is 5.11 Å². The van der Waals surface area contributed by atoms with E-state index in [0.717, 1.165) is 20.9 Å². The minimum absolute atomic E-state index is 0.403. The highest BCUT2D eigenvalue weighted by atomic mass is 32.2. The van der Waals surface area contributed by atoms with E-state index in [2.05, 4.69) is 22.3 Å². The molecule has 1 N–H and O–H groups in total. The third-order valence-electron chi connectivity index (χ3n) is 4.34. The number of nitrogens with zero attached hydrogens (tertiary/aromatic N) is 6. The standard InChI is InChI=1S/C21H16N6OS/c1-14(28)11-26-12-18(10-24-26)16-6-20(21-17(8-23)9-25-27(21)13-16)29-19-5-3-2-4-15(19)7-22/h2-6,9-10,12-14,28H,11H2,1H3/t14-/m1/s1. The van der Waals surface area contributed by atoms with E-state index in [1.807, 2.05) is 36.7 Å². The van der Waals surface area contributed by atoms with Crippen LogP contribution in [0.4, 0.5) is 0 Å². The average Bonchev–Trinajstić information content (AvgIpc) is 3.34. The average molecular weight is 400 g/mol. The topological polar surface area (TPSA) is 103 Å². The third kappa shape index (κ3) is 3.72. The van der Waals surface area contributed by atoms with Crippen molar-refractivity contribution in [3.63, 3.8) is 0 Å². The number of rotatable bonds is 5. The fourth-order valence-electron chi connectivity index (χ4n) is 3.05. The number of benzene rings is 1. The monoisotopic (exact) mass is 400 g/mol. The molecule has 0 saturated heterocycles. The molecule has 0 fully saturated rings. The number of hydrogen-bond acceptors (Lipinski definition) is 6. The highest BCUT2D eigenvalue weighted by Crippen LogP contribution is 2.36. The second kappa shape index (κ2) is 7.80. The summed E-state index contributed by atoms with van der Waals surface area (Å²) in [4.78, 5) is 1.63. The Balaban J connectivity index is 1.84. The first-order chi connectivity index (χ1) is 14.1. The summed E-state index contributed by atoms with van der Waals surface area (Å²) in [7, 11) is 0. The highest BCUT2D eigenvalue weighted by molar-refractivity contribution is 7.99. The maximum Gasteiger partial charge on any atom is 0.103 e. The van der Waals surface area contributed by atoms with Crippen LogP contribution in [-0.2, 0) is 6.54 Å². The van der Waals surface area contributed by atoms with E-state index in [9.17, 15) is 15.6 Å². The molecule has 0 radical (unpaired) electrons. The Hall–Kier alpha value is -3.59. The molecule has 4 rings (SSSR count). The predicted molar refractivity (Wildman–Crippen MR) is 108 cm³/mol. The zero-order chi connectivity index (χ0) is 20.4. The van der Waals surface area contributed by atoms with E-state index in [-0.39, 0.29) is 0 Å². The van der Waals surface area contributed by atoms with Crippen LogP contribution in [0.15, 0.2) is 64.9 Å². The maximum atomic E-state index is 9.58. The number of aliphatic hydroxyl groups is 1. The van der Waals surface area contributed by atoms with Crippen LogP contribution in [0, 0.1) is 22.7 Å². The fourth-order valence-corrected chi connectivity index (χ4v) is 4.14. The SMILES string of the molecule is C[C@@H](O)Cn1cc(-c2cc(Sc3ccccc3C#N)c3c(C#N)cnn3c2)cn1. The first kappa shape index (κ1) is 18.8. The first-order valence-electron chi connectivity index (χ1n) is 8.88. The van der Waals surface area contributed by atoms with Crippen LogP contribution in [0.1, 0.15) is 18.1 Å². The molecule has 0 aliphatic carbocycles.